The molecule has 1 aromatic heterocycles. The van der Waals surface area contributed by atoms with Crippen molar-refractivity contribution in [3.63, 3.8) is 0 Å². The number of rotatable bonds is 4. The van der Waals surface area contributed by atoms with Gasteiger partial charge < -0.3 is 24.2 Å². The molecule has 8 heteroatoms. The van der Waals surface area contributed by atoms with Gasteiger partial charge in [-0.15, -0.1) is 0 Å². The first kappa shape index (κ1) is 17.1. The van der Waals surface area contributed by atoms with Crippen molar-refractivity contribution in [1.82, 2.24) is 19.8 Å². The van der Waals surface area contributed by atoms with E-state index < -0.39 is 0 Å². The summed E-state index contributed by atoms with van der Waals surface area (Å²) < 4.78 is 10.4. The first-order valence-corrected chi connectivity index (χ1v) is 7.62. The van der Waals surface area contributed by atoms with Crippen LogP contribution in [0.15, 0.2) is 6.07 Å². The lowest BCUT2D eigenvalue weighted by Crippen LogP contribution is -2.51. The molecule has 1 saturated heterocycles. The van der Waals surface area contributed by atoms with Gasteiger partial charge in [0, 0.05) is 34.2 Å². The van der Waals surface area contributed by atoms with Gasteiger partial charge in [0.05, 0.1) is 26.3 Å². The molecule has 0 saturated carbocycles. The maximum Gasteiger partial charge on any atom is 0.319 e. The van der Waals surface area contributed by atoms with Crippen molar-refractivity contribution in [2.24, 2.45) is 0 Å². The van der Waals surface area contributed by atoms with Crippen LogP contribution in [0.1, 0.15) is 12.8 Å². The average molecular weight is 323 g/mol. The summed E-state index contributed by atoms with van der Waals surface area (Å²) >= 11 is 0. The third-order valence-corrected chi connectivity index (χ3v) is 4.00. The number of anilines is 1. The molecule has 8 nitrogen and oxygen atoms in total. The lowest BCUT2D eigenvalue weighted by Gasteiger charge is -2.38. The van der Waals surface area contributed by atoms with Crippen molar-refractivity contribution in [3.05, 3.63) is 6.07 Å². The van der Waals surface area contributed by atoms with Crippen molar-refractivity contribution in [2.45, 2.75) is 18.9 Å². The molecule has 2 rings (SSSR count). The van der Waals surface area contributed by atoms with Crippen molar-refractivity contribution >= 4 is 12.0 Å². The highest BCUT2D eigenvalue weighted by Crippen LogP contribution is 2.24. The summed E-state index contributed by atoms with van der Waals surface area (Å²) in [4.78, 5) is 26.4. The van der Waals surface area contributed by atoms with Gasteiger partial charge in [-0.25, -0.2) is 4.79 Å². The number of hydrogen-bond donors (Lipinski definition) is 0. The number of amides is 2. The second kappa shape index (κ2) is 7.34. The SMILES string of the molecule is COc1cc(OC)nc(N2CCCC(N(C)C(=O)N(C)C)C2)n1. The third kappa shape index (κ3) is 3.94. The maximum absolute atomic E-state index is 12.1. The van der Waals surface area contributed by atoms with Crippen LogP contribution in [0, 0.1) is 0 Å². The van der Waals surface area contributed by atoms with E-state index in [1.165, 1.54) is 0 Å². The van der Waals surface area contributed by atoms with E-state index in [-0.39, 0.29) is 12.1 Å². The number of methoxy groups -OCH3 is 2. The van der Waals surface area contributed by atoms with Crippen molar-refractivity contribution in [3.8, 4) is 11.8 Å². The van der Waals surface area contributed by atoms with Gasteiger partial charge in [-0.3, -0.25) is 0 Å². The molecule has 1 aliphatic heterocycles. The number of aromatic nitrogens is 2. The smallest absolute Gasteiger partial charge is 0.319 e. The minimum absolute atomic E-state index is 0.000918. The number of ether oxygens (including phenoxy) is 2. The Morgan fingerprint density at radius 2 is 1.83 bits per heavy atom. The Morgan fingerprint density at radius 3 is 2.35 bits per heavy atom. The first-order valence-electron chi connectivity index (χ1n) is 7.62. The number of piperidine rings is 1. The summed E-state index contributed by atoms with van der Waals surface area (Å²) in [6, 6.07) is 1.77. The quantitative estimate of drug-likeness (QED) is 0.825. The second-order valence-corrected chi connectivity index (χ2v) is 5.78. The molecule has 0 N–H and O–H groups in total. The molecule has 1 aliphatic rings. The lowest BCUT2D eigenvalue weighted by molar-refractivity contribution is 0.157. The number of urea groups is 1. The molecule has 0 radical (unpaired) electrons. The summed E-state index contributed by atoms with van der Waals surface area (Å²) in [5.41, 5.74) is 0. The van der Waals surface area contributed by atoms with E-state index in [0.717, 1.165) is 19.4 Å². The van der Waals surface area contributed by atoms with Gasteiger partial charge in [-0.05, 0) is 12.8 Å². The molecule has 0 bridgehead atoms. The molecular weight excluding hydrogens is 298 g/mol. The predicted octanol–water partition coefficient (Wildman–Crippen LogP) is 1.08. The molecule has 128 valence electrons. The van der Waals surface area contributed by atoms with E-state index in [2.05, 4.69) is 14.9 Å². The van der Waals surface area contributed by atoms with Crippen LogP contribution in [0.2, 0.25) is 0 Å². The second-order valence-electron chi connectivity index (χ2n) is 5.78. The van der Waals surface area contributed by atoms with Crippen LogP contribution < -0.4 is 14.4 Å². The topological polar surface area (TPSA) is 71.0 Å². The molecule has 0 aliphatic carbocycles. The molecular formula is C15H25N5O3. The lowest BCUT2D eigenvalue weighted by atomic mass is 10.1. The minimum Gasteiger partial charge on any atom is -0.481 e. The fourth-order valence-electron chi connectivity index (χ4n) is 2.67. The number of carbonyl (C=O) groups is 1. The molecule has 0 spiro atoms. The largest absolute Gasteiger partial charge is 0.481 e. The zero-order valence-corrected chi connectivity index (χ0v) is 14.4. The molecule has 1 atom stereocenters. The Morgan fingerprint density at radius 1 is 1.22 bits per heavy atom. The van der Waals surface area contributed by atoms with E-state index in [9.17, 15) is 4.79 Å². The van der Waals surface area contributed by atoms with Crippen LogP contribution in [0.4, 0.5) is 10.7 Å². The number of hydrogen-bond acceptors (Lipinski definition) is 6. The van der Waals surface area contributed by atoms with E-state index >= 15 is 0 Å². The zero-order chi connectivity index (χ0) is 17.0. The van der Waals surface area contributed by atoms with Gasteiger partial charge in [0.25, 0.3) is 0 Å². The van der Waals surface area contributed by atoms with Crippen LogP contribution in [0.25, 0.3) is 0 Å². The van der Waals surface area contributed by atoms with Crippen LogP contribution in [0.3, 0.4) is 0 Å². The summed E-state index contributed by atoms with van der Waals surface area (Å²) in [5.74, 6) is 1.50. The highest BCUT2D eigenvalue weighted by atomic mass is 16.5. The summed E-state index contributed by atoms with van der Waals surface area (Å²) in [5, 5.41) is 0. The first-order chi connectivity index (χ1) is 11.0. The van der Waals surface area contributed by atoms with E-state index in [4.69, 9.17) is 9.47 Å². The molecule has 1 unspecified atom stereocenters. The predicted molar refractivity (Wildman–Crippen MR) is 87.2 cm³/mol. The summed E-state index contributed by atoms with van der Waals surface area (Å²) in [6.07, 6.45) is 1.94. The molecule has 23 heavy (non-hydrogen) atoms. The molecule has 1 fully saturated rings. The van der Waals surface area contributed by atoms with Crippen LogP contribution >= 0.6 is 0 Å². The van der Waals surface area contributed by atoms with Crippen molar-refractivity contribution < 1.29 is 14.3 Å². The van der Waals surface area contributed by atoms with Crippen LogP contribution in [-0.2, 0) is 0 Å². The molecule has 2 heterocycles. The molecule has 0 aromatic carbocycles. The van der Waals surface area contributed by atoms with Crippen molar-refractivity contribution in [1.29, 1.82) is 0 Å². The van der Waals surface area contributed by atoms with Gasteiger partial charge in [0.15, 0.2) is 0 Å². The van der Waals surface area contributed by atoms with E-state index in [1.807, 2.05) is 7.05 Å². The number of likely N-dealkylation sites (N-methyl/N-ethyl adjacent to an activating group) is 1. The molecule has 1 aromatic rings. The van der Waals surface area contributed by atoms with Gasteiger partial charge >= 0.3 is 6.03 Å². The summed E-state index contributed by atoms with van der Waals surface area (Å²) in [7, 11) is 8.48. The minimum atomic E-state index is 0.000918. The Kier molecular flexibility index (Phi) is 5.46. The normalized spacial score (nSPS) is 17.6. The monoisotopic (exact) mass is 323 g/mol. The Bertz CT molecular complexity index is 530. The average Bonchev–Trinajstić information content (AvgIpc) is 2.59. The van der Waals surface area contributed by atoms with Crippen LogP contribution in [0.5, 0.6) is 11.8 Å². The maximum atomic E-state index is 12.1. The summed E-state index contributed by atoms with van der Waals surface area (Å²) in [6.45, 7) is 1.53. The van der Waals surface area contributed by atoms with E-state index in [1.54, 1.807) is 44.2 Å². The number of nitrogens with zero attached hydrogens (tertiary/aromatic N) is 5. The molecule has 2 amide bonds. The van der Waals surface area contributed by atoms with Gasteiger partial charge in [0.2, 0.25) is 17.7 Å². The standard InChI is InChI=1S/C15H25N5O3/c1-18(2)15(21)19(3)11-7-6-8-20(10-11)14-16-12(22-4)9-13(17-14)23-5/h9,11H,6-8,10H2,1-5H3. The Balaban J connectivity index is 2.16. The van der Waals surface area contributed by atoms with Gasteiger partial charge in [-0.2, -0.15) is 9.97 Å². The van der Waals surface area contributed by atoms with Crippen molar-refractivity contribution in [2.75, 3.05) is 53.4 Å². The highest BCUT2D eigenvalue weighted by Gasteiger charge is 2.28. The highest BCUT2D eigenvalue weighted by molar-refractivity contribution is 5.74. The van der Waals surface area contributed by atoms with Gasteiger partial charge in [0.1, 0.15) is 0 Å². The third-order valence-electron chi connectivity index (χ3n) is 4.00. The Labute approximate surface area is 137 Å². The number of carbonyl (C=O) groups excluding carboxylic acids is 1. The fourth-order valence-corrected chi connectivity index (χ4v) is 2.67. The Hall–Kier alpha value is -2.25. The van der Waals surface area contributed by atoms with Gasteiger partial charge in [-0.1, -0.05) is 0 Å². The zero-order valence-electron chi connectivity index (χ0n) is 14.4. The van der Waals surface area contributed by atoms with Crippen LogP contribution in [-0.4, -0.2) is 80.3 Å². The fraction of sp³-hybridized carbons (Fsp3) is 0.667. The van der Waals surface area contributed by atoms with E-state index in [0.29, 0.717) is 24.3 Å².